The first-order chi connectivity index (χ1) is 7.00. The molecule has 0 atom stereocenters. The Bertz CT molecular complexity index is 503. The second-order valence-corrected chi connectivity index (χ2v) is 5.06. The predicted molar refractivity (Wildman–Crippen MR) is 56.1 cm³/mol. The SMILES string of the molecule is CN(C)S(=O)(=O)c1ccccc1N=[N+]=[N-]. The zero-order valence-electron chi connectivity index (χ0n) is 8.32. The van der Waals surface area contributed by atoms with Crippen LogP contribution in [0.5, 0.6) is 0 Å². The number of benzene rings is 1. The maximum atomic E-state index is 11.8. The summed E-state index contributed by atoms with van der Waals surface area (Å²) in [5.74, 6) is 0. The molecule has 7 heteroatoms. The highest BCUT2D eigenvalue weighted by atomic mass is 32.2. The van der Waals surface area contributed by atoms with Crippen LogP contribution in [0.2, 0.25) is 0 Å². The molecule has 0 aromatic heterocycles. The van der Waals surface area contributed by atoms with Crippen molar-refractivity contribution in [1.82, 2.24) is 4.31 Å². The van der Waals surface area contributed by atoms with Crippen LogP contribution in [0.15, 0.2) is 34.3 Å². The van der Waals surface area contributed by atoms with Crippen molar-refractivity contribution >= 4 is 15.7 Å². The van der Waals surface area contributed by atoms with Gasteiger partial charge in [-0.05, 0) is 11.6 Å². The molecular weight excluding hydrogens is 216 g/mol. The van der Waals surface area contributed by atoms with Crippen LogP contribution in [0, 0.1) is 0 Å². The van der Waals surface area contributed by atoms with Crippen molar-refractivity contribution in [3.05, 3.63) is 34.7 Å². The van der Waals surface area contributed by atoms with Crippen LogP contribution in [0.25, 0.3) is 10.4 Å². The monoisotopic (exact) mass is 226 g/mol. The van der Waals surface area contributed by atoms with Gasteiger partial charge in [-0.25, -0.2) is 12.7 Å². The zero-order chi connectivity index (χ0) is 11.5. The van der Waals surface area contributed by atoms with Gasteiger partial charge in [-0.15, -0.1) is 0 Å². The van der Waals surface area contributed by atoms with E-state index in [1.807, 2.05) is 0 Å². The quantitative estimate of drug-likeness (QED) is 0.447. The number of nitrogens with zero attached hydrogens (tertiary/aromatic N) is 4. The number of azide groups is 1. The molecule has 1 rings (SSSR count). The molecular formula is C8H10N4O2S. The molecule has 0 heterocycles. The number of sulfonamides is 1. The fourth-order valence-electron chi connectivity index (χ4n) is 1.00. The molecule has 0 aliphatic rings. The molecule has 0 amide bonds. The minimum Gasteiger partial charge on any atom is -0.207 e. The Labute approximate surface area is 87.8 Å². The molecule has 0 unspecified atom stereocenters. The molecule has 0 aliphatic carbocycles. The van der Waals surface area contributed by atoms with E-state index in [9.17, 15) is 8.42 Å². The van der Waals surface area contributed by atoms with Crippen LogP contribution in [-0.2, 0) is 10.0 Å². The molecule has 0 saturated heterocycles. The molecule has 0 bridgehead atoms. The normalized spacial score (nSPS) is 11.1. The summed E-state index contributed by atoms with van der Waals surface area (Å²) in [6.45, 7) is 0. The summed E-state index contributed by atoms with van der Waals surface area (Å²) in [5.41, 5.74) is 8.40. The van der Waals surface area contributed by atoms with Gasteiger partial charge in [-0.1, -0.05) is 23.3 Å². The molecule has 6 nitrogen and oxygen atoms in total. The zero-order valence-corrected chi connectivity index (χ0v) is 9.14. The summed E-state index contributed by atoms with van der Waals surface area (Å²) < 4.78 is 24.6. The third-order valence-electron chi connectivity index (χ3n) is 1.78. The van der Waals surface area contributed by atoms with Gasteiger partial charge in [-0.3, -0.25) is 0 Å². The summed E-state index contributed by atoms with van der Waals surface area (Å²) in [5, 5.41) is 3.33. The van der Waals surface area contributed by atoms with E-state index < -0.39 is 10.0 Å². The van der Waals surface area contributed by atoms with Crippen molar-refractivity contribution in [2.24, 2.45) is 5.11 Å². The predicted octanol–water partition coefficient (Wildman–Crippen LogP) is 1.88. The molecule has 0 radical (unpaired) electrons. The maximum Gasteiger partial charge on any atom is 0.243 e. The van der Waals surface area contributed by atoms with E-state index in [2.05, 4.69) is 10.0 Å². The third kappa shape index (κ3) is 2.27. The number of hydrogen-bond donors (Lipinski definition) is 0. The smallest absolute Gasteiger partial charge is 0.207 e. The molecule has 0 N–H and O–H groups in total. The van der Waals surface area contributed by atoms with Crippen molar-refractivity contribution in [1.29, 1.82) is 0 Å². The van der Waals surface area contributed by atoms with Gasteiger partial charge in [0.05, 0.1) is 10.6 Å². The minimum atomic E-state index is -3.56. The topological polar surface area (TPSA) is 86.1 Å². The van der Waals surface area contributed by atoms with Gasteiger partial charge in [0.25, 0.3) is 0 Å². The van der Waals surface area contributed by atoms with Crippen molar-refractivity contribution in [2.45, 2.75) is 4.90 Å². The Kier molecular flexibility index (Phi) is 3.31. The lowest BCUT2D eigenvalue weighted by Crippen LogP contribution is -2.22. The van der Waals surface area contributed by atoms with E-state index in [1.165, 1.54) is 26.2 Å². The minimum absolute atomic E-state index is 0.00722. The van der Waals surface area contributed by atoms with Gasteiger partial charge in [0.1, 0.15) is 0 Å². The lowest BCUT2D eigenvalue weighted by Gasteiger charge is -2.12. The molecule has 0 aliphatic heterocycles. The molecule has 0 spiro atoms. The first-order valence-corrected chi connectivity index (χ1v) is 5.51. The molecule has 80 valence electrons. The summed E-state index contributed by atoms with van der Waals surface area (Å²) in [7, 11) is -0.724. The lowest BCUT2D eigenvalue weighted by atomic mass is 10.3. The van der Waals surface area contributed by atoms with Gasteiger partial charge in [-0.2, -0.15) is 0 Å². The van der Waals surface area contributed by atoms with Gasteiger partial charge in [0.2, 0.25) is 10.0 Å². The summed E-state index contributed by atoms with van der Waals surface area (Å²) >= 11 is 0. The summed E-state index contributed by atoms with van der Waals surface area (Å²) in [6.07, 6.45) is 0. The second kappa shape index (κ2) is 4.31. The van der Waals surface area contributed by atoms with Gasteiger partial charge >= 0.3 is 0 Å². The van der Waals surface area contributed by atoms with Gasteiger partial charge in [0, 0.05) is 19.0 Å². The lowest BCUT2D eigenvalue weighted by molar-refractivity contribution is 0.521. The van der Waals surface area contributed by atoms with Crippen molar-refractivity contribution < 1.29 is 8.42 Å². The largest absolute Gasteiger partial charge is 0.243 e. The number of rotatable bonds is 3. The average molecular weight is 226 g/mol. The fourth-order valence-corrected chi connectivity index (χ4v) is 2.02. The third-order valence-corrected chi connectivity index (χ3v) is 3.64. The van der Waals surface area contributed by atoms with Crippen LogP contribution >= 0.6 is 0 Å². The highest BCUT2D eigenvalue weighted by molar-refractivity contribution is 7.89. The van der Waals surface area contributed by atoms with Crippen LogP contribution in [-0.4, -0.2) is 26.8 Å². The Morgan fingerprint density at radius 2 is 1.93 bits per heavy atom. The highest BCUT2D eigenvalue weighted by Crippen LogP contribution is 2.25. The summed E-state index contributed by atoms with van der Waals surface area (Å²) in [4.78, 5) is 2.59. The maximum absolute atomic E-state index is 11.8. The summed E-state index contributed by atoms with van der Waals surface area (Å²) in [6, 6.07) is 6.04. The Morgan fingerprint density at radius 1 is 1.33 bits per heavy atom. The van der Waals surface area contributed by atoms with Crippen molar-refractivity contribution in [3.63, 3.8) is 0 Å². The highest BCUT2D eigenvalue weighted by Gasteiger charge is 2.19. The van der Waals surface area contributed by atoms with E-state index in [0.29, 0.717) is 0 Å². The van der Waals surface area contributed by atoms with E-state index in [-0.39, 0.29) is 10.6 Å². The van der Waals surface area contributed by atoms with Gasteiger partial charge < -0.3 is 0 Å². The van der Waals surface area contributed by atoms with Crippen LogP contribution < -0.4 is 0 Å². The van der Waals surface area contributed by atoms with Crippen LogP contribution in [0.1, 0.15) is 0 Å². The first kappa shape index (κ1) is 11.5. The first-order valence-electron chi connectivity index (χ1n) is 4.07. The molecule has 0 fully saturated rings. The van der Waals surface area contributed by atoms with E-state index in [1.54, 1.807) is 12.1 Å². The molecule has 0 saturated carbocycles. The Morgan fingerprint density at radius 3 is 2.47 bits per heavy atom. The van der Waals surface area contributed by atoms with Crippen molar-refractivity contribution in [2.75, 3.05) is 14.1 Å². The van der Waals surface area contributed by atoms with Crippen LogP contribution in [0.4, 0.5) is 5.69 Å². The van der Waals surface area contributed by atoms with Crippen molar-refractivity contribution in [3.8, 4) is 0 Å². The standard InChI is InChI=1S/C8H10N4O2S/c1-12(2)15(13,14)8-6-4-3-5-7(8)10-11-9/h3-6H,1-2H3. The molecule has 15 heavy (non-hydrogen) atoms. The molecule has 1 aromatic carbocycles. The van der Waals surface area contributed by atoms with E-state index >= 15 is 0 Å². The van der Waals surface area contributed by atoms with Crippen LogP contribution in [0.3, 0.4) is 0 Å². The Balaban J connectivity index is 3.44. The number of hydrogen-bond acceptors (Lipinski definition) is 3. The second-order valence-electron chi connectivity index (χ2n) is 2.94. The van der Waals surface area contributed by atoms with E-state index in [0.717, 1.165) is 4.31 Å². The fraction of sp³-hybridized carbons (Fsp3) is 0.250. The average Bonchev–Trinajstić information content (AvgIpc) is 2.18. The molecule has 1 aromatic rings. The van der Waals surface area contributed by atoms with Gasteiger partial charge in [0.15, 0.2) is 0 Å². The Hall–Kier alpha value is -1.56. The van der Waals surface area contributed by atoms with E-state index in [4.69, 9.17) is 5.53 Å².